The summed E-state index contributed by atoms with van der Waals surface area (Å²) in [6.45, 7) is 4.81. The first-order valence-corrected chi connectivity index (χ1v) is 5.87. The number of hydrogen-bond acceptors (Lipinski definition) is 4. The third-order valence-electron chi connectivity index (χ3n) is 2.52. The fourth-order valence-corrected chi connectivity index (χ4v) is 1.53. The van der Waals surface area contributed by atoms with Crippen LogP contribution in [-0.4, -0.2) is 49.6 Å². The number of esters is 1. The highest BCUT2D eigenvalue weighted by Crippen LogP contribution is 1.97. The third-order valence-corrected chi connectivity index (χ3v) is 2.52. The standard InChI is InChI=1S/C11H20N2O3/c1-2-3-8-16-11(15)9-13-6-4-10(14)12-5-7-13/h2-9H2,1H3,(H,12,14). The topological polar surface area (TPSA) is 58.6 Å². The molecule has 1 N–H and O–H groups in total. The molecule has 0 aromatic heterocycles. The molecule has 0 aromatic rings. The summed E-state index contributed by atoms with van der Waals surface area (Å²) in [4.78, 5) is 24.4. The summed E-state index contributed by atoms with van der Waals surface area (Å²) in [5, 5.41) is 2.77. The van der Waals surface area contributed by atoms with Gasteiger partial charge in [-0.25, -0.2) is 0 Å². The zero-order valence-corrected chi connectivity index (χ0v) is 9.83. The molecule has 92 valence electrons. The summed E-state index contributed by atoms with van der Waals surface area (Å²) in [6.07, 6.45) is 2.39. The molecule has 0 aliphatic carbocycles. The number of carbonyl (C=O) groups excluding carboxylic acids is 2. The average molecular weight is 228 g/mol. The van der Waals surface area contributed by atoms with Gasteiger partial charge in [-0.05, 0) is 6.42 Å². The highest BCUT2D eigenvalue weighted by molar-refractivity contribution is 5.76. The molecule has 1 fully saturated rings. The normalized spacial score (nSPS) is 17.7. The van der Waals surface area contributed by atoms with E-state index < -0.39 is 0 Å². The average Bonchev–Trinajstić information content (AvgIpc) is 2.44. The molecule has 1 rings (SSSR count). The van der Waals surface area contributed by atoms with Gasteiger partial charge in [-0.2, -0.15) is 0 Å². The Morgan fingerprint density at radius 2 is 2.31 bits per heavy atom. The molecule has 5 heteroatoms. The van der Waals surface area contributed by atoms with E-state index in [1.807, 2.05) is 4.90 Å². The number of rotatable bonds is 5. The smallest absolute Gasteiger partial charge is 0.320 e. The number of unbranched alkanes of at least 4 members (excludes halogenated alkanes) is 1. The van der Waals surface area contributed by atoms with Crippen molar-refractivity contribution in [1.82, 2.24) is 10.2 Å². The molecule has 5 nitrogen and oxygen atoms in total. The van der Waals surface area contributed by atoms with Gasteiger partial charge in [-0.3, -0.25) is 14.5 Å². The lowest BCUT2D eigenvalue weighted by molar-refractivity contribution is -0.145. The number of hydrogen-bond donors (Lipinski definition) is 1. The molecular weight excluding hydrogens is 208 g/mol. The molecule has 16 heavy (non-hydrogen) atoms. The first kappa shape index (κ1) is 13.0. The fourth-order valence-electron chi connectivity index (χ4n) is 1.53. The Morgan fingerprint density at radius 1 is 1.50 bits per heavy atom. The third kappa shape index (κ3) is 5.11. The molecule has 1 heterocycles. The number of ether oxygens (including phenoxy) is 1. The van der Waals surface area contributed by atoms with Crippen LogP contribution in [0.15, 0.2) is 0 Å². The lowest BCUT2D eigenvalue weighted by Crippen LogP contribution is -2.34. The minimum atomic E-state index is -0.192. The molecule has 0 aromatic carbocycles. The number of carbonyl (C=O) groups is 2. The van der Waals surface area contributed by atoms with Crippen LogP contribution < -0.4 is 5.32 Å². The van der Waals surface area contributed by atoms with E-state index in [9.17, 15) is 9.59 Å². The van der Waals surface area contributed by atoms with Gasteiger partial charge < -0.3 is 10.1 Å². The molecule has 0 bridgehead atoms. The Morgan fingerprint density at radius 3 is 3.06 bits per heavy atom. The Balaban J connectivity index is 2.19. The van der Waals surface area contributed by atoms with Crippen LogP contribution in [-0.2, 0) is 14.3 Å². The van der Waals surface area contributed by atoms with Crippen LogP contribution in [0.2, 0.25) is 0 Å². The Hall–Kier alpha value is -1.10. The van der Waals surface area contributed by atoms with Gasteiger partial charge in [0.1, 0.15) is 0 Å². The van der Waals surface area contributed by atoms with E-state index >= 15 is 0 Å². The van der Waals surface area contributed by atoms with Crippen LogP contribution >= 0.6 is 0 Å². The molecule has 0 saturated carbocycles. The van der Waals surface area contributed by atoms with Gasteiger partial charge in [0.05, 0.1) is 13.2 Å². The van der Waals surface area contributed by atoms with Gasteiger partial charge >= 0.3 is 5.97 Å². The van der Waals surface area contributed by atoms with Crippen molar-refractivity contribution in [2.45, 2.75) is 26.2 Å². The minimum absolute atomic E-state index is 0.0573. The Labute approximate surface area is 96.1 Å². The fraction of sp³-hybridized carbons (Fsp3) is 0.818. The summed E-state index contributed by atoms with van der Waals surface area (Å²) >= 11 is 0. The van der Waals surface area contributed by atoms with E-state index in [0.717, 1.165) is 12.8 Å². The molecule has 1 aliphatic rings. The predicted octanol–water partition coefficient (Wildman–Crippen LogP) is 0.152. The van der Waals surface area contributed by atoms with Gasteiger partial charge in [-0.15, -0.1) is 0 Å². The molecule has 1 saturated heterocycles. The maximum absolute atomic E-state index is 11.4. The van der Waals surface area contributed by atoms with E-state index in [1.54, 1.807) is 0 Å². The van der Waals surface area contributed by atoms with E-state index in [1.165, 1.54) is 0 Å². The van der Waals surface area contributed by atoms with Crippen molar-refractivity contribution in [3.63, 3.8) is 0 Å². The monoisotopic (exact) mass is 228 g/mol. The van der Waals surface area contributed by atoms with E-state index in [2.05, 4.69) is 12.2 Å². The molecule has 0 radical (unpaired) electrons. The highest BCUT2D eigenvalue weighted by Gasteiger charge is 2.16. The summed E-state index contributed by atoms with van der Waals surface area (Å²) in [5.74, 6) is -0.135. The van der Waals surface area contributed by atoms with Gasteiger partial charge in [-0.1, -0.05) is 13.3 Å². The zero-order chi connectivity index (χ0) is 11.8. The summed E-state index contributed by atoms with van der Waals surface area (Å²) in [5.41, 5.74) is 0. The van der Waals surface area contributed by atoms with Crippen molar-refractivity contribution in [2.24, 2.45) is 0 Å². The van der Waals surface area contributed by atoms with Gasteiger partial charge in [0.2, 0.25) is 5.91 Å². The first-order valence-electron chi connectivity index (χ1n) is 5.87. The van der Waals surface area contributed by atoms with Crippen molar-refractivity contribution < 1.29 is 14.3 Å². The second-order valence-electron chi connectivity index (χ2n) is 3.95. The predicted molar refractivity (Wildman–Crippen MR) is 59.9 cm³/mol. The van der Waals surface area contributed by atoms with Crippen LogP contribution in [0.1, 0.15) is 26.2 Å². The number of amides is 1. The molecule has 0 spiro atoms. The summed E-state index contributed by atoms with van der Waals surface area (Å²) in [7, 11) is 0. The van der Waals surface area contributed by atoms with Gasteiger partial charge in [0.25, 0.3) is 0 Å². The highest BCUT2D eigenvalue weighted by atomic mass is 16.5. The summed E-state index contributed by atoms with van der Waals surface area (Å²) < 4.78 is 5.07. The lowest BCUT2D eigenvalue weighted by atomic mass is 10.3. The van der Waals surface area contributed by atoms with Crippen LogP contribution in [0.3, 0.4) is 0 Å². The van der Waals surface area contributed by atoms with E-state index in [-0.39, 0.29) is 11.9 Å². The van der Waals surface area contributed by atoms with E-state index in [4.69, 9.17) is 4.74 Å². The zero-order valence-electron chi connectivity index (χ0n) is 9.83. The minimum Gasteiger partial charge on any atom is -0.465 e. The maximum atomic E-state index is 11.4. The van der Waals surface area contributed by atoms with Crippen molar-refractivity contribution in [2.75, 3.05) is 32.8 Å². The Bertz CT molecular complexity index is 243. The first-order chi connectivity index (χ1) is 7.72. The van der Waals surface area contributed by atoms with Crippen molar-refractivity contribution >= 4 is 11.9 Å². The molecule has 0 atom stereocenters. The number of nitrogens with one attached hydrogen (secondary N) is 1. The second kappa shape index (κ2) is 7.22. The van der Waals surface area contributed by atoms with E-state index in [0.29, 0.717) is 39.2 Å². The quantitative estimate of drug-likeness (QED) is 0.537. The molecule has 0 unspecified atom stereocenters. The van der Waals surface area contributed by atoms with Crippen LogP contribution in [0, 0.1) is 0 Å². The molecule has 1 amide bonds. The lowest BCUT2D eigenvalue weighted by Gasteiger charge is -2.17. The molecule has 1 aliphatic heterocycles. The summed E-state index contributed by atoms with van der Waals surface area (Å²) in [6, 6.07) is 0. The largest absolute Gasteiger partial charge is 0.465 e. The Kier molecular flexibility index (Phi) is 5.85. The second-order valence-corrected chi connectivity index (χ2v) is 3.95. The van der Waals surface area contributed by atoms with Gasteiger partial charge in [0, 0.05) is 26.1 Å². The number of nitrogens with zero attached hydrogens (tertiary/aromatic N) is 1. The van der Waals surface area contributed by atoms with Crippen LogP contribution in [0.4, 0.5) is 0 Å². The van der Waals surface area contributed by atoms with Crippen LogP contribution in [0.5, 0.6) is 0 Å². The SMILES string of the molecule is CCCCOC(=O)CN1CCNC(=O)CC1. The van der Waals surface area contributed by atoms with Crippen LogP contribution in [0.25, 0.3) is 0 Å². The molecular formula is C11H20N2O3. The van der Waals surface area contributed by atoms with Crippen molar-refractivity contribution in [1.29, 1.82) is 0 Å². The van der Waals surface area contributed by atoms with Crippen molar-refractivity contribution in [3.05, 3.63) is 0 Å². The van der Waals surface area contributed by atoms with Crippen molar-refractivity contribution in [3.8, 4) is 0 Å². The maximum Gasteiger partial charge on any atom is 0.320 e. The van der Waals surface area contributed by atoms with Gasteiger partial charge in [0.15, 0.2) is 0 Å².